The molecule has 1 unspecified atom stereocenters. The number of nitrogens with zero attached hydrogens (tertiary/aromatic N) is 1. The van der Waals surface area contributed by atoms with E-state index >= 15 is 0 Å². The van der Waals surface area contributed by atoms with Gasteiger partial charge in [0, 0.05) is 44.3 Å². The first-order chi connectivity index (χ1) is 15.2. The molecule has 0 radical (unpaired) electrons. The van der Waals surface area contributed by atoms with Gasteiger partial charge in [-0.25, -0.2) is 4.99 Å². The third-order valence-corrected chi connectivity index (χ3v) is 5.16. The normalized spacial score (nSPS) is 15.2. The summed E-state index contributed by atoms with van der Waals surface area (Å²) in [6, 6.07) is 15.9. The number of carbonyl (C=O) groups is 1. The van der Waals surface area contributed by atoms with Crippen molar-refractivity contribution in [3.63, 3.8) is 0 Å². The summed E-state index contributed by atoms with van der Waals surface area (Å²) in [6.45, 7) is 5.37. The van der Waals surface area contributed by atoms with Crippen LogP contribution in [0.5, 0.6) is 5.75 Å². The quantitative estimate of drug-likeness (QED) is 0.180. The van der Waals surface area contributed by atoms with Crippen LogP contribution in [0, 0.1) is 0 Å². The highest BCUT2D eigenvalue weighted by Crippen LogP contribution is 2.31. The zero-order valence-electron chi connectivity index (χ0n) is 18.7. The van der Waals surface area contributed by atoms with Crippen LogP contribution in [0.15, 0.2) is 53.5 Å². The third kappa shape index (κ3) is 7.98. The van der Waals surface area contributed by atoms with E-state index in [2.05, 4.69) is 22.0 Å². The second kappa shape index (κ2) is 13.9. The van der Waals surface area contributed by atoms with Crippen LogP contribution in [-0.2, 0) is 16.1 Å². The lowest BCUT2D eigenvalue weighted by Gasteiger charge is -2.26. The summed E-state index contributed by atoms with van der Waals surface area (Å²) in [7, 11) is 1.66. The molecule has 0 spiro atoms. The van der Waals surface area contributed by atoms with Gasteiger partial charge in [0.2, 0.25) is 5.91 Å². The largest absolute Gasteiger partial charge is 0.497 e. The maximum absolute atomic E-state index is 12.1. The lowest BCUT2D eigenvalue weighted by molar-refractivity contribution is -0.116. The summed E-state index contributed by atoms with van der Waals surface area (Å²) >= 11 is 0. The van der Waals surface area contributed by atoms with E-state index in [9.17, 15) is 4.79 Å². The number of benzene rings is 2. The van der Waals surface area contributed by atoms with Crippen molar-refractivity contribution in [2.24, 2.45) is 4.99 Å². The Kier molecular flexibility index (Phi) is 11.3. The Balaban J connectivity index is 0.00000363. The molecule has 8 heteroatoms. The predicted octanol–water partition coefficient (Wildman–Crippen LogP) is 3.90. The van der Waals surface area contributed by atoms with E-state index in [1.165, 1.54) is 0 Å². The first-order valence-electron chi connectivity index (χ1n) is 10.8. The fourth-order valence-electron chi connectivity index (χ4n) is 3.50. The molecule has 0 saturated carbocycles. The van der Waals surface area contributed by atoms with Crippen molar-refractivity contribution in [1.29, 1.82) is 0 Å². The molecule has 1 heterocycles. The minimum Gasteiger partial charge on any atom is -0.497 e. The Bertz CT molecular complexity index is 874. The molecular formula is C24H33IN4O3. The third-order valence-electron chi connectivity index (χ3n) is 5.16. The van der Waals surface area contributed by atoms with Crippen molar-refractivity contribution in [3.8, 4) is 5.75 Å². The minimum atomic E-state index is 0. The fourth-order valence-corrected chi connectivity index (χ4v) is 3.50. The van der Waals surface area contributed by atoms with Gasteiger partial charge in [-0.1, -0.05) is 30.3 Å². The molecule has 32 heavy (non-hydrogen) atoms. The smallest absolute Gasteiger partial charge is 0.225 e. The molecule has 7 nitrogen and oxygen atoms in total. The monoisotopic (exact) mass is 552 g/mol. The number of nitrogens with one attached hydrogen (secondary N) is 3. The Hall–Kier alpha value is -2.33. The number of ether oxygens (including phenoxy) is 2. The number of carbonyl (C=O) groups excluding carboxylic acids is 1. The summed E-state index contributed by atoms with van der Waals surface area (Å²) in [4.78, 5) is 16.8. The highest BCUT2D eigenvalue weighted by atomic mass is 127. The van der Waals surface area contributed by atoms with E-state index in [0.717, 1.165) is 48.1 Å². The van der Waals surface area contributed by atoms with Gasteiger partial charge in [-0.05, 0) is 42.7 Å². The van der Waals surface area contributed by atoms with E-state index in [1.54, 1.807) is 7.11 Å². The molecule has 1 aliphatic heterocycles. The van der Waals surface area contributed by atoms with Gasteiger partial charge >= 0.3 is 0 Å². The molecule has 1 aliphatic rings. The van der Waals surface area contributed by atoms with Gasteiger partial charge in [0.05, 0.1) is 13.7 Å². The Labute approximate surface area is 207 Å². The van der Waals surface area contributed by atoms with E-state index in [-0.39, 0.29) is 35.8 Å². The highest BCUT2D eigenvalue weighted by Gasteiger charge is 2.24. The van der Waals surface area contributed by atoms with Gasteiger partial charge in [0.25, 0.3) is 0 Å². The van der Waals surface area contributed by atoms with Crippen molar-refractivity contribution in [2.45, 2.75) is 32.2 Å². The van der Waals surface area contributed by atoms with Crippen molar-refractivity contribution in [3.05, 3.63) is 59.7 Å². The second-order valence-corrected chi connectivity index (χ2v) is 7.41. The molecule has 2 aromatic rings. The summed E-state index contributed by atoms with van der Waals surface area (Å²) in [6.07, 6.45) is 1.35. The molecule has 3 N–H and O–H groups in total. The lowest BCUT2D eigenvalue weighted by Crippen LogP contribution is -2.41. The summed E-state index contributed by atoms with van der Waals surface area (Å²) in [5, 5.41) is 9.76. The van der Waals surface area contributed by atoms with Crippen LogP contribution >= 0.6 is 24.0 Å². The maximum atomic E-state index is 12.1. The topological polar surface area (TPSA) is 84.0 Å². The molecular weight excluding hydrogens is 519 g/mol. The Morgan fingerprint density at radius 3 is 2.69 bits per heavy atom. The maximum Gasteiger partial charge on any atom is 0.225 e. The first-order valence-corrected chi connectivity index (χ1v) is 10.8. The average molecular weight is 552 g/mol. The van der Waals surface area contributed by atoms with Crippen molar-refractivity contribution < 1.29 is 14.3 Å². The van der Waals surface area contributed by atoms with Crippen LogP contribution in [0.3, 0.4) is 0 Å². The van der Waals surface area contributed by atoms with Crippen LogP contribution < -0.4 is 20.7 Å². The lowest BCUT2D eigenvalue weighted by atomic mass is 9.90. The highest BCUT2D eigenvalue weighted by molar-refractivity contribution is 14.0. The SMILES string of the molecule is CCOCCCNC(=NCc1ccc(OC)cc1)NCC1CC(=O)Nc2ccccc21.I. The van der Waals surface area contributed by atoms with Gasteiger partial charge in [-0.15, -0.1) is 24.0 Å². The molecule has 174 valence electrons. The average Bonchev–Trinajstić information content (AvgIpc) is 2.80. The number of hydrogen-bond acceptors (Lipinski definition) is 4. The van der Waals surface area contributed by atoms with Crippen LogP contribution in [0.2, 0.25) is 0 Å². The molecule has 2 aromatic carbocycles. The Morgan fingerprint density at radius 1 is 1.16 bits per heavy atom. The molecule has 0 aliphatic carbocycles. The number of fused-ring (bicyclic) bond motifs is 1. The molecule has 0 aromatic heterocycles. The molecule has 0 bridgehead atoms. The summed E-state index contributed by atoms with van der Waals surface area (Å²) in [5.41, 5.74) is 3.14. The van der Waals surface area contributed by atoms with Gasteiger partial charge in [-0.3, -0.25) is 4.79 Å². The van der Waals surface area contributed by atoms with E-state index in [4.69, 9.17) is 14.5 Å². The standard InChI is InChI=1S/C24H32N4O3.HI/c1-3-31-14-6-13-25-24(26-16-18-9-11-20(30-2)12-10-18)27-17-19-15-23(29)28-22-8-5-4-7-21(19)22;/h4-5,7-12,19H,3,6,13-17H2,1-2H3,(H,28,29)(H2,25,26,27);1H. The minimum absolute atomic E-state index is 0. The molecule has 0 fully saturated rings. The zero-order chi connectivity index (χ0) is 21.9. The predicted molar refractivity (Wildman–Crippen MR) is 139 cm³/mol. The number of methoxy groups -OCH3 is 1. The number of amides is 1. The summed E-state index contributed by atoms with van der Waals surface area (Å²) in [5.74, 6) is 1.71. The van der Waals surface area contributed by atoms with E-state index < -0.39 is 0 Å². The number of halogens is 1. The molecule has 0 saturated heterocycles. The summed E-state index contributed by atoms with van der Waals surface area (Å²) < 4.78 is 10.6. The molecule has 1 amide bonds. The Morgan fingerprint density at radius 2 is 1.94 bits per heavy atom. The van der Waals surface area contributed by atoms with Crippen LogP contribution in [0.4, 0.5) is 5.69 Å². The number of para-hydroxylation sites is 1. The molecule has 3 rings (SSSR count). The number of hydrogen-bond donors (Lipinski definition) is 3. The van der Waals surface area contributed by atoms with Gasteiger partial charge in [0.15, 0.2) is 5.96 Å². The van der Waals surface area contributed by atoms with Crippen LogP contribution in [-0.4, -0.2) is 45.3 Å². The second-order valence-electron chi connectivity index (χ2n) is 7.41. The van der Waals surface area contributed by atoms with Crippen LogP contribution in [0.25, 0.3) is 0 Å². The van der Waals surface area contributed by atoms with Gasteiger partial charge < -0.3 is 25.4 Å². The number of rotatable bonds is 10. The fraction of sp³-hybridized carbons (Fsp3) is 0.417. The van der Waals surface area contributed by atoms with Gasteiger partial charge in [-0.2, -0.15) is 0 Å². The van der Waals surface area contributed by atoms with Crippen molar-refractivity contribution in [2.75, 3.05) is 38.7 Å². The van der Waals surface area contributed by atoms with Crippen molar-refractivity contribution >= 4 is 41.5 Å². The molecule has 1 atom stereocenters. The van der Waals surface area contributed by atoms with Gasteiger partial charge in [0.1, 0.15) is 5.75 Å². The zero-order valence-corrected chi connectivity index (χ0v) is 21.1. The number of guanidine groups is 1. The first kappa shape index (κ1) is 25.9. The number of aliphatic imine (C=N–C) groups is 1. The van der Waals surface area contributed by atoms with Crippen LogP contribution in [0.1, 0.15) is 36.8 Å². The van der Waals surface area contributed by atoms with E-state index in [1.807, 2.05) is 49.4 Å². The number of anilines is 1. The van der Waals surface area contributed by atoms with E-state index in [0.29, 0.717) is 26.1 Å². The van der Waals surface area contributed by atoms with Crippen molar-refractivity contribution in [1.82, 2.24) is 10.6 Å².